The molecular formula is C26H44O5Si2. The Morgan fingerprint density at radius 1 is 1.15 bits per heavy atom. The van der Waals surface area contributed by atoms with E-state index >= 15 is 0 Å². The Labute approximate surface area is 204 Å². The van der Waals surface area contributed by atoms with E-state index in [9.17, 15) is 4.79 Å². The average Bonchev–Trinajstić information content (AvgIpc) is 3.06. The van der Waals surface area contributed by atoms with Crippen LogP contribution in [0, 0.1) is 29.2 Å². The second-order valence-electron chi connectivity index (χ2n) is 11.1. The molecule has 1 aliphatic carbocycles. The van der Waals surface area contributed by atoms with Crippen molar-refractivity contribution >= 4 is 22.4 Å². The molecule has 0 bridgehead atoms. The van der Waals surface area contributed by atoms with Gasteiger partial charge in [-0.15, -0.1) is 5.54 Å². The minimum absolute atomic E-state index is 0.00703. The number of hydrogen-bond acceptors (Lipinski definition) is 5. The standard InChI is InChI=1S/C26H44O5Si2/c1-12-30-23(27)21(15-14-20-32(7,8)9)17-19-26(31-33(10,11)25(2,3)4)18-13-16-22(26)24(28-5)29-6/h15,22,24H,12-13,16,18H2,1-11H3/b21-15+/t22-,26+/m1/s1. The van der Waals surface area contributed by atoms with Gasteiger partial charge in [-0.1, -0.05) is 58.2 Å². The van der Waals surface area contributed by atoms with Gasteiger partial charge in [0, 0.05) is 26.2 Å². The molecule has 7 heteroatoms. The molecule has 33 heavy (non-hydrogen) atoms. The Bertz CT molecular complexity index is 823. The third kappa shape index (κ3) is 8.42. The van der Waals surface area contributed by atoms with Crippen LogP contribution in [0.5, 0.6) is 0 Å². The number of methoxy groups -OCH3 is 2. The topological polar surface area (TPSA) is 54.0 Å². The van der Waals surface area contributed by atoms with Crippen LogP contribution in [0.25, 0.3) is 0 Å². The molecule has 0 aromatic rings. The van der Waals surface area contributed by atoms with Gasteiger partial charge in [0.25, 0.3) is 0 Å². The van der Waals surface area contributed by atoms with Crippen LogP contribution in [0.2, 0.25) is 37.8 Å². The summed E-state index contributed by atoms with van der Waals surface area (Å²) < 4.78 is 23.6. The highest BCUT2D eigenvalue weighted by Crippen LogP contribution is 2.47. The average molecular weight is 493 g/mol. The zero-order chi connectivity index (χ0) is 25.5. The molecule has 0 radical (unpaired) electrons. The lowest BCUT2D eigenvalue weighted by Gasteiger charge is -2.45. The zero-order valence-electron chi connectivity index (χ0n) is 22.6. The molecule has 0 saturated heterocycles. The summed E-state index contributed by atoms with van der Waals surface area (Å²) in [5.74, 6) is 9.03. The van der Waals surface area contributed by atoms with Crippen LogP contribution in [-0.4, -0.2) is 55.1 Å². The van der Waals surface area contributed by atoms with Gasteiger partial charge in [-0.3, -0.25) is 0 Å². The van der Waals surface area contributed by atoms with Crippen molar-refractivity contribution in [2.75, 3.05) is 20.8 Å². The Morgan fingerprint density at radius 3 is 2.24 bits per heavy atom. The SMILES string of the molecule is CCOC(=O)/C(C#C[C@@]1(O[Si](C)(C)C(C)(C)C)CCC[C@@H]1C(OC)OC)=C/C#C[Si](C)(C)C. The molecule has 0 aliphatic heterocycles. The number of carbonyl (C=O) groups excluding carboxylic acids is 1. The van der Waals surface area contributed by atoms with E-state index in [1.54, 1.807) is 27.2 Å². The summed E-state index contributed by atoms with van der Waals surface area (Å²) in [6.07, 6.45) is 3.75. The molecule has 1 fully saturated rings. The Balaban J connectivity index is 3.60. The molecule has 0 amide bonds. The van der Waals surface area contributed by atoms with Crippen molar-refractivity contribution in [1.29, 1.82) is 0 Å². The van der Waals surface area contributed by atoms with Crippen LogP contribution < -0.4 is 0 Å². The van der Waals surface area contributed by atoms with Crippen LogP contribution >= 0.6 is 0 Å². The van der Waals surface area contributed by atoms with Gasteiger partial charge < -0.3 is 18.6 Å². The molecular weight excluding hydrogens is 448 g/mol. The Morgan fingerprint density at radius 2 is 1.76 bits per heavy atom. The lowest BCUT2D eigenvalue weighted by Crippen LogP contribution is -2.53. The van der Waals surface area contributed by atoms with E-state index < -0.39 is 34.3 Å². The van der Waals surface area contributed by atoms with Gasteiger partial charge in [0.1, 0.15) is 19.2 Å². The summed E-state index contributed by atoms with van der Waals surface area (Å²) in [7, 11) is -0.488. The van der Waals surface area contributed by atoms with Crippen molar-refractivity contribution in [3.8, 4) is 23.3 Å². The molecule has 186 valence electrons. The van der Waals surface area contributed by atoms with Gasteiger partial charge >= 0.3 is 5.97 Å². The van der Waals surface area contributed by atoms with Crippen molar-refractivity contribution in [1.82, 2.24) is 0 Å². The van der Waals surface area contributed by atoms with Crippen LogP contribution in [-0.2, 0) is 23.4 Å². The molecule has 5 nitrogen and oxygen atoms in total. The highest BCUT2D eigenvalue weighted by Gasteiger charge is 2.52. The first kappa shape index (κ1) is 29.7. The summed E-state index contributed by atoms with van der Waals surface area (Å²) >= 11 is 0. The van der Waals surface area contributed by atoms with E-state index in [0.29, 0.717) is 0 Å². The van der Waals surface area contributed by atoms with E-state index in [0.717, 1.165) is 19.3 Å². The van der Waals surface area contributed by atoms with Gasteiger partial charge in [0.2, 0.25) is 0 Å². The number of allylic oxidation sites excluding steroid dienone is 1. The third-order valence-electron chi connectivity index (χ3n) is 6.27. The summed E-state index contributed by atoms with van der Waals surface area (Å²) in [6, 6.07) is 0. The lowest BCUT2D eigenvalue weighted by atomic mass is 9.90. The van der Waals surface area contributed by atoms with Gasteiger partial charge in [-0.05, 0) is 44.3 Å². The van der Waals surface area contributed by atoms with E-state index in [1.165, 1.54) is 0 Å². The van der Waals surface area contributed by atoms with E-state index in [4.69, 9.17) is 18.6 Å². The van der Waals surface area contributed by atoms with Crippen molar-refractivity contribution in [3.05, 3.63) is 11.6 Å². The minimum Gasteiger partial charge on any atom is -0.462 e. The largest absolute Gasteiger partial charge is 0.462 e. The van der Waals surface area contributed by atoms with Crippen molar-refractivity contribution < 1.29 is 23.4 Å². The predicted octanol–water partition coefficient (Wildman–Crippen LogP) is 5.54. The van der Waals surface area contributed by atoms with E-state index in [-0.39, 0.29) is 23.1 Å². The van der Waals surface area contributed by atoms with Gasteiger partial charge in [-0.25, -0.2) is 4.79 Å². The number of rotatable bonds is 7. The van der Waals surface area contributed by atoms with Crippen LogP contribution in [0.1, 0.15) is 47.0 Å². The molecule has 0 N–H and O–H groups in total. The fourth-order valence-corrected chi connectivity index (χ4v) is 5.58. The number of hydrogen-bond donors (Lipinski definition) is 0. The monoisotopic (exact) mass is 492 g/mol. The molecule has 0 spiro atoms. The fourth-order valence-electron chi connectivity index (χ4n) is 3.55. The zero-order valence-corrected chi connectivity index (χ0v) is 24.6. The number of ether oxygens (including phenoxy) is 3. The summed E-state index contributed by atoms with van der Waals surface area (Å²) in [4.78, 5) is 12.6. The van der Waals surface area contributed by atoms with Crippen molar-refractivity contribution in [3.63, 3.8) is 0 Å². The predicted molar refractivity (Wildman–Crippen MR) is 140 cm³/mol. The van der Waals surface area contributed by atoms with Gasteiger partial charge in [-0.2, -0.15) is 0 Å². The molecule has 0 aromatic carbocycles. The first-order valence-corrected chi connectivity index (χ1v) is 18.2. The van der Waals surface area contributed by atoms with Gasteiger partial charge in [0.05, 0.1) is 6.61 Å². The minimum atomic E-state index is -2.19. The third-order valence-corrected chi connectivity index (χ3v) is 11.6. The molecule has 2 atom stereocenters. The first-order chi connectivity index (χ1) is 15.1. The fraction of sp³-hybridized carbons (Fsp3) is 0.731. The molecule has 0 aromatic heterocycles. The molecule has 0 unspecified atom stereocenters. The second kappa shape index (κ2) is 11.9. The smallest absolute Gasteiger partial charge is 0.347 e. The molecule has 1 saturated carbocycles. The molecule has 0 heterocycles. The first-order valence-electron chi connectivity index (χ1n) is 11.8. The van der Waals surface area contributed by atoms with Crippen LogP contribution in [0.15, 0.2) is 11.6 Å². The van der Waals surface area contributed by atoms with Crippen molar-refractivity contribution in [2.45, 2.75) is 96.6 Å². The quantitative estimate of drug-likeness (QED) is 0.154. The lowest BCUT2D eigenvalue weighted by molar-refractivity contribution is -0.163. The van der Waals surface area contributed by atoms with Gasteiger partial charge in [0.15, 0.2) is 14.6 Å². The maximum Gasteiger partial charge on any atom is 0.347 e. The molecule has 1 aliphatic rings. The Kier molecular flexibility index (Phi) is 10.7. The normalized spacial score (nSPS) is 21.8. The maximum atomic E-state index is 12.6. The van der Waals surface area contributed by atoms with E-state index in [1.807, 2.05) is 0 Å². The summed E-state index contributed by atoms with van der Waals surface area (Å²) in [5, 5.41) is 0.00703. The van der Waals surface area contributed by atoms with Crippen molar-refractivity contribution in [2.24, 2.45) is 5.92 Å². The number of esters is 1. The highest BCUT2D eigenvalue weighted by atomic mass is 28.4. The maximum absolute atomic E-state index is 12.6. The highest BCUT2D eigenvalue weighted by molar-refractivity contribution is 6.83. The van der Waals surface area contributed by atoms with Crippen LogP contribution in [0.4, 0.5) is 0 Å². The second-order valence-corrected chi connectivity index (χ2v) is 20.6. The van der Waals surface area contributed by atoms with E-state index in [2.05, 4.69) is 76.8 Å². The van der Waals surface area contributed by atoms with Crippen LogP contribution in [0.3, 0.4) is 0 Å². The number of carbonyl (C=O) groups is 1. The Hall–Kier alpha value is -1.36. The summed E-state index contributed by atoms with van der Waals surface area (Å²) in [5.41, 5.74) is 2.76. The summed E-state index contributed by atoms with van der Waals surface area (Å²) in [6.45, 7) is 19.6. The molecule has 1 rings (SSSR count).